The van der Waals surface area contributed by atoms with E-state index >= 15 is 0 Å². The molecular weight excluding hydrogens is 292 g/mol. The van der Waals surface area contributed by atoms with Gasteiger partial charge in [-0.1, -0.05) is 29.8 Å². The summed E-state index contributed by atoms with van der Waals surface area (Å²) in [5.74, 6) is 0. The minimum atomic E-state index is -0.722. The highest BCUT2D eigenvalue weighted by Crippen LogP contribution is 2.50. The smallest absolute Gasteiger partial charge is 0.134 e. The molecule has 0 saturated heterocycles. The zero-order chi connectivity index (χ0) is 13.9. The van der Waals surface area contributed by atoms with Crippen molar-refractivity contribution in [3.8, 4) is 24.3 Å². The Morgan fingerprint density at radius 1 is 1.00 bits per heavy atom. The van der Waals surface area contributed by atoms with E-state index < -0.39 is 5.41 Å². The van der Waals surface area contributed by atoms with E-state index in [1.54, 1.807) is 19.9 Å². The molecule has 0 atom stereocenters. The summed E-state index contributed by atoms with van der Waals surface area (Å²) in [5, 5.41) is 35.7. The van der Waals surface area contributed by atoms with Crippen LogP contribution in [0.15, 0.2) is 32.9 Å². The van der Waals surface area contributed by atoms with E-state index in [4.69, 9.17) is 21.0 Å². The second-order valence-corrected chi connectivity index (χ2v) is 4.96. The Bertz CT molecular complexity index is 632. The lowest BCUT2D eigenvalue weighted by molar-refractivity contribution is 0.577. The molecule has 4 nitrogen and oxygen atoms in total. The van der Waals surface area contributed by atoms with E-state index in [2.05, 4.69) is 15.9 Å². The van der Waals surface area contributed by atoms with Crippen LogP contribution in [0.3, 0.4) is 0 Å². The first-order valence-corrected chi connectivity index (χ1v) is 5.70. The van der Waals surface area contributed by atoms with E-state index in [0.717, 1.165) is 0 Å². The summed E-state index contributed by atoms with van der Waals surface area (Å²) < 4.78 is 0.559. The monoisotopic (exact) mass is 298 g/mol. The van der Waals surface area contributed by atoms with Gasteiger partial charge in [-0.25, -0.2) is 0 Å². The second kappa shape index (κ2) is 4.89. The molecule has 0 aromatic rings. The van der Waals surface area contributed by atoms with Crippen molar-refractivity contribution in [2.45, 2.75) is 13.8 Å². The number of hydrogen-bond acceptors (Lipinski definition) is 4. The van der Waals surface area contributed by atoms with Gasteiger partial charge in [0.25, 0.3) is 0 Å². The van der Waals surface area contributed by atoms with Crippen molar-refractivity contribution in [2.24, 2.45) is 5.41 Å². The zero-order valence-electron chi connectivity index (χ0n) is 9.74. The molecule has 0 amide bonds. The van der Waals surface area contributed by atoms with Crippen LogP contribution >= 0.6 is 15.9 Å². The van der Waals surface area contributed by atoms with Crippen molar-refractivity contribution in [2.75, 3.05) is 0 Å². The third kappa shape index (κ3) is 1.93. The number of nitrogens with zero attached hydrogens (tertiary/aromatic N) is 4. The lowest BCUT2D eigenvalue weighted by Gasteiger charge is -2.23. The maximum atomic E-state index is 8.95. The van der Waals surface area contributed by atoms with Gasteiger partial charge in [0.15, 0.2) is 0 Å². The van der Waals surface area contributed by atoms with Crippen LogP contribution in [0.1, 0.15) is 13.8 Å². The third-order valence-electron chi connectivity index (χ3n) is 2.77. The molecule has 0 unspecified atom stereocenters. The molecule has 0 aromatic carbocycles. The minimum absolute atomic E-state index is 0.0119. The molecule has 1 aliphatic rings. The van der Waals surface area contributed by atoms with Gasteiger partial charge in [-0.2, -0.15) is 21.0 Å². The summed E-state index contributed by atoms with van der Waals surface area (Å²) in [5.41, 5.74) is 0.263. The van der Waals surface area contributed by atoms with Gasteiger partial charge in [0.2, 0.25) is 0 Å². The van der Waals surface area contributed by atoms with Crippen molar-refractivity contribution >= 4 is 15.9 Å². The Morgan fingerprint density at radius 2 is 1.44 bits per heavy atom. The number of hydrogen-bond donors (Lipinski definition) is 0. The average molecular weight is 299 g/mol. The molecule has 0 bridgehead atoms. The molecule has 1 aliphatic carbocycles. The molecule has 0 N–H and O–H groups in total. The summed E-state index contributed by atoms with van der Waals surface area (Å²) in [4.78, 5) is 0. The van der Waals surface area contributed by atoms with Crippen LogP contribution in [0.25, 0.3) is 0 Å². The first-order valence-electron chi connectivity index (χ1n) is 4.91. The van der Waals surface area contributed by atoms with Crippen molar-refractivity contribution in [1.29, 1.82) is 21.0 Å². The highest BCUT2D eigenvalue weighted by molar-refractivity contribution is 9.12. The van der Waals surface area contributed by atoms with Crippen molar-refractivity contribution < 1.29 is 0 Å². The maximum Gasteiger partial charge on any atom is 0.134 e. The van der Waals surface area contributed by atoms with Crippen LogP contribution in [-0.2, 0) is 0 Å². The van der Waals surface area contributed by atoms with E-state index in [9.17, 15) is 0 Å². The molecule has 86 valence electrons. The number of halogens is 1. The molecule has 0 heterocycles. The van der Waals surface area contributed by atoms with Crippen LogP contribution in [0.4, 0.5) is 0 Å². The zero-order valence-corrected chi connectivity index (χ0v) is 11.3. The molecule has 5 heteroatoms. The molecule has 1 rings (SSSR count). The topological polar surface area (TPSA) is 95.2 Å². The molecule has 0 saturated carbocycles. The fraction of sp³-hybridized carbons (Fsp3) is 0.231. The Balaban J connectivity index is 3.71. The first-order chi connectivity index (χ1) is 8.43. The summed E-state index contributed by atoms with van der Waals surface area (Å²) in [6.45, 7) is 3.54. The van der Waals surface area contributed by atoms with Gasteiger partial charge in [0.05, 0.1) is 0 Å². The summed E-state index contributed by atoms with van der Waals surface area (Å²) >= 11 is 3.28. The maximum absolute atomic E-state index is 8.95. The number of rotatable bonds is 0. The van der Waals surface area contributed by atoms with E-state index in [0.29, 0.717) is 15.6 Å². The van der Waals surface area contributed by atoms with Crippen LogP contribution in [0.2, 0.25) is 0 Å². The molecule has 0 aromatic heterocycles. The SMILES string of the molecule is CC1(C)C(=C(C#N)C#N)C=C(Br)C1=C(C#N)C#N. The van der Waals surface area contributed by atoms with Gasteiger partial charge in [-0.3, -0.25) is 0 Å². The van der Waals surface area contributed by atoms with E-state index in [-0.39, 0.29) is 11.1 Å². The first kappa shape index (κ1) is 13.7. The molecule has 0 radical (unpaired) electrons. The number of nitriles is 4. The molecule has 0 spiro atoms. The quantitative estimate of drug-likeness (QED) is 0.642. The lowest BCUT2D eigenvalue weighted by Crippen LogP contribution is -2.15. The fourth-order valence-corrected chi connectivity index (χ4v) is 2.83. The standard InChI is InChI=1S/C13H7BrN4/c1-13(2)10(8(4-15)5-16)3-11(14)12(13)9(6-17)7-18/h3H,1-2H3. The van der Waals surface area contributed by atoms with Crippen molar-refractivity contribution in [3.05, 3.63) is 32.9 Å². The Kier molecular flexibility index (Phi) is 3.73. The average Bonchev–Trinajstić information content (AvgIpc) is 2.56. The molecular formula is C13H7BrN4. The van der Waals surface area contributed by atoms with Gasteiger partial charge < -0.3 is 0 Å². The van der Waals surface area contributed by atoms with Crippen LogP contribution in [-0.4, -0.2) is 0 Å². The Labute approximate surface area is 113 Å². The predicted molar refractivity (Wildman–Crippen MR) is 67.3 cm³/mol. The fourth-order valence-electron chi connectivity index (χ4n) is 1.91. The van der Waals surface area contributed by atoms with Gasteiger partial charge in [0, 0.05) is 15.5 Å². The lowest BCUT2D eigenvalue weighted by atomic mass is 9.78. The highest BCUT2D eigenvalue weighted by Gasteiger charge is 2.38. The largest absolute Gasteiger partial charge is 0.192 e. The molecule has 0 fully saturated rings. The van der Waals surface area contributed by atoms with Crippen LogP contribution < -0.4 is 0 Å². The third-order valence-corrected chi connectivity index (χ3v) is 3.40. The molecule has 0 aliphatic heterocycles. The normalized spacial score (nSPS) is 15.8. The second-order valence-electron chi connectivity index (χ2n) is 4.10. The van der Waals surface area contributed by atoms with Crippen molar-refractivity contribution in [1.82, 2.24) is 0 Å². The highest BCUT2D eigenvalue weighted by atomic mass is 79.9. The van der Waals surface area contributed by atoms with Gasteiger partial charge >= 0.3 is 0 Å². The van der Waals surface area contributed by atoms with Crippen molar-refractivity contribution in [3.63, 3.8) is 0 Å². The van der Waals surface area contributed by atoms with Gasteiger partial charge in [-0.05, 0) is 11.6 Å². The summed E-state index contributed by atoms with van der Waals surface area (Å²) in [6.07, 6.45) is 1.62. The minimum Gasteiger partial charge on any atom is -0.192 e. The Hall–Kier alpha value is -2.34. The van der Waals surface area contributed by atoms with Gasteiger partial charge in [0.1, 0.15) is 35.4 Å². The van der Waals surface area contributed by atoms with E-state index in [1.807, 2.05) is 24.3 Å². The number of allylic oxidation sites excluding steroid dienone is 6. The van der Waals surface area contributed by atoms with Crippen LogP contribution in [0.5, 0.6) is 0 Å². The van der Waals surface area contributed by atoms with Gasteiger partial charge in [-0.15, -0.1) is 0 Å². The Morgan fingerprint density at radius 3 is 1.83 bits per heavy atom. The summed E-state index contributed by atoms with van der Waals surface area (Å²) in [7, 11) is 0. The predicted octanol–water partition coefficient (Wildman–Crippen LogP) is 2.99. The van der Waals surface area contributed by atoms with E-state index in [1.165, 1.54) is 0 Å². The molecule has 18 heavy (non-hydrogen) atoms. The summed E-state index contributed by atoms with van der Waals surface area (Å²) in [6, 6.07) is 7.33. The van der Waals surface area contributed by atoms with Crippen LogP contribution in [0, 0.1) is 50.7 Å².